The van der Waals surface area contributed by atoms with Gasteiger partial charge in [0.05, 0.1) is 31.0 Å². The highest BCUT2D eigenvalue weighted by Gasteiger charge is 2.29. The van der Waals surface area contributed by atoms with Crippen LogP contribution in [0, 0.1) is 23.5 Å². The Kier molecular flexibility index (Phi) is 8.45. The third-order valence-electron chi connectivity index (χ3n) is 7.24. The summed E-state index contributed by atoms with van der Waals surface area (Å²) in [7, 11) is -1.75. The minimum absolute atomic E-state index is 0.104. The van der Waals surface area contributed by atoms with Gasteiger partial charge in [-0.25, -0.2) is 18.6 Å². The van der Waals surface area contributed by atoms with Crippen molar-refractivity contribution in [2.45, 2.75) is 50.5 Å². The molecule has 39 heavy (non-hydrogen) atoms. The summed E-state index contributed by atoms with van der Waals surface area (Å²) >= 11 is 0.929. The second kappa shape index (κ2) is 11.5. The minimum atomic E-state index is -4.35. The molecule has 0 spiro atoms. The number of anilines is 1. The van der Waals surface area contributed by atoms with E-state index in [1.807, 2.05) is 6.07 Å². The maximum absolute atomic E-state index is 15.6. The van der Waals surface area contributed by atoms with Crippen molar-refractivity contribution in [2.24, 2.45) is 11.8 Å². The van der Waals surface area contributed by atoms with E-state index in [2.05, 4.69) is 23.6 Å². The molecule has 0 unspecified atom stereocenters. The molecule has 1 aliphatic carbocycles. The number of aromatic nitrogens is 1. The number of carboxylic acid groups (broad SMARTS) is 1. The summed E-state index contributed by atoms with van der Waals surface area (Å²) in [5, 5.41) is 10.0. The molecule has 0 bridgehead atoms. The predicted molar refractivity (Wildman–Crippen MR) is 144 cm³/mol. The van der Waals surface area contributed by atoms with Crippen LogP contribution in [0.5, 0.6) is 11.5 Å². The first kappa shape index (κ1) is 28.8. The van der Waals surface area contributed by atoms with Crippen LogP contribution in [0.25, 0.3) is 10.6 Å². The molecular weight excluding hydrogens is 550 g/mol. The summed E-state index contributed by atoms with van der Waals surface area (Å²) in [4.78, 5) is 15.3. The number of rotatable bonds is 9. The van der Waals surface area contributed by atoms with E-state index in [4.69, 9.17) is 14.6 Å². The van der Waals surface area contributed by atoms with E-state index in [1.165, 1.54) is 19.6 Å². The van der Waals surface area contributed by atoms with E-state index in [0.29, 0.717) is 17.9 Å². The largest absolute Gasteiger partial charge is 0.495 e. The molecule has 8 nitrogen and oxygen atoms in total. The topological polar surface area (TPSA) is 115 Å². The lowest BCUT2D eigenvalue weighted by Crippen LogP contribution is -2.18. The highest BCUT2D eigenvalue weighted by molar-refractivity contribution is 7.92. The number of nitrogens with one attached hydrogen (secondary N) is 1. The van der Waals surface area contributed by atoms with Crippen LogP contribution in [0.1, 0.15) is 61.4 Å². The Morgan fingerprint density at radius 2 is 1.82 bits per heavy atom. The number of ether oxygens (including phenoxy) is 2. The van der Waals surface area contributed by atoms with Crippen molar-refractivity contribution in [1.82, 2.24) is 4.98 Å². The van der Waals surface area contributed by atoms with Gasteiger partial charge in [0.15, 0.2) is 16.6 Å². The van der Waals surface area contributed by atoms with Crippen LogP contribution in [-0.4, -0.2) is 38.7 Å². The zero-order valence-electron chi connectivity index (χ0n) is 22.0. The third kappa shape index (κ3) is 5.86. The van der Waals surface area contributed by atoms with Gasteiger partial charge in [0.2, 0.25) is 0 Å². The van der Waals surface area contributed by atoms with Crippen LogP contribution >= 0.6 is 11.3 Å². The summed E-state index contributed by atoms with van der Waals surface area (Å²) in [5.41, 5.74) is -0.0798. The molecule has 2 N–H and O–H groups in total. The molecule has 0 saturated heterocycles. The number of carbonyl (C=O) groups is 1. The van der Waals surface area contributed by atoms with Gasteiger partial charge in [-0.05, 0) is 55.6 Å². The lowest BCUT2D eigenvalue weighted by Gasteiger charge is -2.31. The van der Waals surface area contributed by atoms with Gasteiger partial charge in [0.25, 0.3) is 10.0 Å². The average molecular weight is 581 g/mol. The Balaban J connectivity index is 1.61. The van der Waals surface area contributed by atoms with Crippen molar-refractivity contribution < 1.29 is 36.6 Å². The molecule has 4 rings (SSSR count). The lowest BCUT2D eigenvalue weighted by molar-refractivity contribution is 0.0691. The van der Waals surface area contributed by atoms with Crippen molar-refractivity contribution in [2.75, 3.05) is 18.9 Å². The van der Waals surface area contributed by atoms with E-state index in [0.717, 1.165) is 48.6 Å². The maximum atomic E-state index is 15.6. The molecule has 210 valence electrons. The van der Waals surface area contributed by atoms with E-state index >= 15 is 4.39 Å². The monoisotopic (exact) mass is 580 g/mol. The first-order valence-electron chi connectivity index (χ1n) is 12.4. The number of hydrogen-bond donors (Lipinski definition) is 2. The van der Waals surface area contributed by atoms with Crippen molar-refractivity contribution in [3.05, 3.63) is 52.4 Å². The van der Waals surface area contributed by atoms with E-state index in [-0.39, 0.29) is 33.7 Å². The lowest BCUT2D eigenvalue weighted by atomic mass is 9.74. The number of nitrogens with zero attached hydrogens (tertiary/aromatic N) is 1. The van der Waals surface area contributed by atoms with Crippen LogP contribution in [0.3, 0.4) is 0 Å². The Bertz CT molecular complexity index is 1480. The van der Waals surface area contributed by atoms with Crippen molar-refractivity contribution in [1.29, 1.82) is 0 Å². The molecule has 1 heterocycles. The molecule has 0 atom stereocenters. The number of carboxylic acids is 1. The first-order chi connectivity index (χ1) is 18.5. The molecule has 1 fully saturated rings. The smallest absolute Gasteiger partial charge is 0.338 e. The van der Waals surface area contributed by atoms with Gasteiger partial charge in [-0.1, -0.05) is 19.9 Å². The fourth-order valence-electron chi connectivity index (χ4n) is 5.03. The van der Waals surface area contributed by atoms with Crippen LogP contribution < -0.4 is 14.2 Å². The zero-order chi connectivity index (χ0) is 28.5. The molecular formula is C27H30F2N2O6S2. The van der Waals surface area contributed by atoms with Gasteiger partial charge in [-0.15, -0.1) is 11.3 Å². The second-order valence-electron chi connectivity index (χ2n) is 9.84. The zero-order valence-corrected chi connectivity index (χ0v) is 23.6. The van der Waals surface area contributed by atoms with Crippen LogP contribution in [0.15, 0.2) is 34.7 Å². The quantitative estimate of drug-likeness (QED) is 0.296. The minimum Gasteiger partial charge on any atom is -0.495 e. The molecule has 3 aromatic rings. The average Bonchev–Trinajstić information content (AvgIpc) is 3.39. The summed E-state index contributed by atoms with van der Waals surface area (Å²) in [5.74, 6) is -1.90. The van der Waals surface area contributed by atoms with Gasteiger partial charge in [-0.2, -0.15) is 8.42 Å². The Morgan fingerprint density at radius 1 is 1.13 bits per heavy atom. The highest BCUT2D eigenvalue weighted by atomic mass is 32.2. The van der Waals surface area contributed by atoms with Gasteiger partial charge in [-0.3, -0.25) is 4.72 Å². The fraction of sp³-hybridized carbons (Fsp3) is 0.407. The number of methoxy groups -OCH3 is 2. The molecule has 0 amide bonds. The van der Waals surface area contributed by atoms with E-state index in [1.54, 1.807) is 6.07 Å². The van der Waals surface area contributed by atoms with Crippen molar-refractivity contribution in [3.8, 4) is 22.1 Å². The fourth-order valence-corrected chi connectivity index (χ4v) is 7.21. The van der Waals surface area contributed by atoms with Crippen molar-refractivity contribution >= 4 is 33.0 Å². The van der Waals surface area contributed by atoms with Gasteiger partial charge in [0, 0.05) is 17.0 Å². The maximum Gasteiger partial charge on any atom is 0.338 e. The van der Waals surface area contributed by atoms with E-state index in [9.17, 15) is 17.6 Å². The molecule has 0 radical (unpaired) electrons. The Labute approximate surface area is 230 Å². The number of thiazole rings is 1. The van der Waals surface area contributed by atoms with Crippen LogP contribution in [-0.2, 0) is 10.0 Å². The summed E-state index contributed by atoms with van der Waals surface area (Å²) in [6.07, 6.45) is 4.04. The molecule has 1 aromatic heterocycles. The number of sulfonamides is 1. The summed E-state index contributed by atoms with van der Waals surface area (Å²) in [6, 6.07) is 5.00. The van der Waals surface area contributed by atoms with Gasteiger partial charge in [0.1, 0.15) is 16.6 Å². The number of benzene rings is 2. The first-order valence-corrected chi connectivity index (χ1v) is 14.8. The van der Waals surface area contributed by atoms with Crippen molar-refractivity contribution in [3.63, 3.8) is 0 Å². The Hall–Kier alpha value is -3.25. The summed E-state index contributed by atoms with van der Waals surface area (Å²) in [6.45, 7) is 4.45. The van der Waals surface area contributed by atoms with E-state index < -0.39 is 38.2 Å². The Morgan fingerprint density at radius 3 is 2.41 bits per heavy atom. The van der Waals surface area contributed by atoms with Gasteiger partial charge < -0.3 is 14.6 Å². The number of halogens is 2. The van der Waals surface area contributed by atoms with Crippen LogP contribution in [0.2, 0.25) is 0 Å². The number of hydrogen-bond acceptors (Lipinski definition) is 7. The third-order valence-corrected chi connectivity index (χ3v) is 9.51. The summed E-state index contributed by atoms with van der Waals surface area (Å²) < 4.78 is 68.5. The normalized spacial score (nSPS) is 17.7. The highest BCUT2D eigenvalue weighted by Crippen LogP contribution is 2.44. The SMILES string of the molecule is COc1cc(C(=O)O)c(F)cc1NS(=O)(=O)c1csc(-c2ccc(C3CCC(C(C)C)CC3)c(OC)c2F)n1. The molecule has 0 aliphatic heterocycles. The molecule has 1 saturated carbocycles. The molecule has 12 heteroatoms. The standard InChI is InChI=1S/C27H30F2N2O6S2/c1-14(2)15-5-7-16(8-6-15)17-9-10-18(24(29)25(17)37-4)26-30-23(13-38-26)39(34,35)31-21-12-20(28)19(27(32)33)11-22(21)36-3/h9-16,31H,5-8H2,1-4H3,(H,32,33). The molecule has 1 aliphatic rings. The number of aromatic carboxylic acids is 1. The predicted octanol–water partition coefficient (Wildman–Crippen LogP) is 6.53. The van der Waals surface area contributed by atoms with Gasteiger partial charge >= 0.3 is 5.97 Å². The molecule has 2 aromatic carbocycles. The second-order valence-corrected chi connectivity index (χ2v) is 12.3. The van der Waals surface area contributed by atoms with Crippen LogP contribution in [0.4, 0.5) is 14.5 Å².